The molecule has 1 aromatic carbocycles. The summed E-state index contributed by atoms with van der Waals surface area (Å²) in [7, 11) is 0. The molecule has 2 aliphatic rings. The van der Waals surface area contributed by atoms with Gasteiger partial charge < -0.3 is 4.74 Å². The summed E-state index contributed by atoms with van der Waals surface area (Å²) in [5.41, 5.74) is 1.67. The van der Waals surface area contributed by atoms with Gasteiger partial charge in [-0.05, 0) is 75.8 Å². The average molecular weight is 368 g/mol. The molecule has 0 saturated carbocycles. The van der Waals surface area contributed by atoms with Crippen molar-refractivity contribution >= 4 is 34.9 Å². The van der Waals surface area contributed by atoms with E-state index >= 15 is 0 Å². The first-order valence-corrected chi connectivity index (χ1v) is 9.17. The van der Waals surface area contributed by atoms with Crippen LogP contribution in [0, 0.1) is 0 Å². The summed E-state index contributed by atoms with van der Waals surface area (Å²) in [6, 6.07) is 5.76. The maximum atomic E-state index is 12.6. The highest BCUT2D eigenvalue weighted by Crippen LogP contribution is 2.40. The van der Waals surface area contributed by atoms with Gasteiger partial charge in [-0.2, -0.15) is 0 Å². The zero-order valence-electron chi connectivity index (χ0n) is 14.3. The SMILES string of the molecule is CC(C)(C)OC(=O)N1C2C=C(c3cc(Cl)ccc3Cl)CC1CCC2. The Morgan fingerprint density at radius 2 is 2.00 bits per heavy atom. The fraction of sp³-hybridized carbons (Fsp3) is 0.526. The molecule has 0 spiro atoms. The maximum absolute atomic E-state index is 12.6. The van der Waals surface area contributed by atoms with Crippen LogP contribution in [0.4, 0.5) is 4.79 Å². The van der Waals surface area contributed by atoms with E-state index in [1.807, 2.05) is 37.8 Å². The van der Waals surface area contributed by atoms with Crippen LogP contribution in [0.1, 0.15) is 52.0 Å². The molecule has 2 heterocycles. The van der Waals surface area contributed by atoms with Gasteiger partial charge in [0.25, 0.3) is 0 Å². The van der Waals surface area contributed by atoms with E-state index in [4.69, 9.17) is 27.9 Å². The number of ether oxygens (including phenoxy) is 1. The first kappa shape index (κ1) is 17.6. The monoisotopic (exact) mass is 367 g/mol. The third-order valence-corrected chi connectivity index (χ3v) is 5.08. The fourth-order valence-electron chi connectivity index (χ4n) is 3.57. The van der Waals surface area contributed by atoms with E-state index in [1.165, 1.54) is 5.57 Å². The topological polar surface area (TPSA) is 29.5 Å². The highest BCUT2D eigenvalue weighted by molar-refractivity contribution is 6.34. The van der Waals surface area contributed by atoms with E-state index in [-0.39, 0.29) is 18.2 Å². The number of benzene rings is 1. The van der Waals surface area contributed by atoms with Crippen molar-refractivity contribution in [2.24, 2.45) is 0 Å². The Morgan fingerprint density at radius 3 is 2.67 bits per heavy atom. The summed E-state index contributed by atoms with van der Waals surface area (Å²) >= 11 is 12.5. The van der Waals surface area contributed by atoms with Crippen molar-refractivity contribution in [2.75, 3.05) is 0 Å². The average Bonchev–Trinajstić information content (AvgIpc) is 2.46. The number of nitrogens with zero attached hydrogens (tertiary/aromatic N) is 1. The molecule has 0 aromatic heterocycles. The Morgan fingerprint density at radius 1 is 1.25 bits per heavy atom. The van der Waals surface area contributed by atoms with Crippen molar-refractivity contribution in [3.63, 3.8) is 0 Å². The van der Waals surface area contributed by atoms with Crippen molar-refractivity contribution in [1.82, 2.24) is 4.90 Å². The molecule has 24 heavy (non-hydrogen) atoms. The number of amides is 1. The molecule has 2 aliphatic heterocycles. The van der Waals surface area contributed by atoms with Crippen LogP contribution >= 0.6 is 23.2 Å². The van der Waals surface area contributed by atoms with Gasteiger partial charge in [0, 0.05) is 16.1 Å². The smallest absolute Gasteiger partial charge is 0.411 e. The van der Waals surface area contributed by atoms with Gasteiger partial charge >= 0.3 is 6.09 Å². The number of fused-ring (bicyclic) bond motifs is 2. The minimum Gasteiger partial charge on any atom is -0.444 e. The van der Waals surface area contributed by atoms with Crippen LogP contribution in [-0.4, -0.2) is 28.7 Å². The van der Waals surface area contributed by atoms with Crippen LogP contribution in [-0.2, 0) is 4.74 Å². The molecule has 1 amide bonds. The molecule has 0 N–H and O–H groups in total. The lowest BCUT2D eigenvalue weighted by Gasteiger charge is -2.45. The van der Waals surface area contributed by atoms with Crippen LogP contribution in [0.25, 0.3) is 5.57 Å². The van der Waals surface area contributed by atoms with Gasteiger partial charge in [-0.3, -0.25) is 4.90 Å². The molecular formula is C19H23Cl2NO2. The third-order valence-electron chi connectivity index (χ3n) is 4.52. The number of halogens is 2. The molecule has 1 saturated heterocycles. The van der Waals surface area contributed by atoms with Gasteiger partial charge in [-0.25, -0.2) is 4.79 Å². The number of carbonyl (C=O) groups excluding carboxylic acids is 1. The highest BCUT2D eigenvalue weighted by Gasteiger charge is 2.39. The molecule has 2 bridgehead atoms. The molecule has 3 rings (SSSR count). The zero-order valence-corrected chi connectivity index (χ0v) is 15.8. The molecular weight excluding hydrogens is 345 g/mol. The summed E-state index contributed by atoms with van der Waals surface area (Å²) in [4.78, 5) is 14.5. The number of rotatable bonds is 1. The lowest BCUT2D eigenvalue weighted by Crippen LogP contribution is -2.53. The summed E-state index contributed by atoms with van der Waals surface area (Å²) < 4.78 is 5.61. The summed E-state index contributed by atoms with van der Waals surface area (Å²) in [5.74, 6) is 0. The molecule has 3 nitrogen and oxygen atoms in total. The quantitative estimate of drug-likeness (QED) is 0.614. The van der Waals surface area contributed by atoms with Gasteiger partial charge in [0.05, 0.1) is 6.04 Å². The van der Waals surface area contributed by atoms with Crippen molar-refractivity contribution in [3.8, 4) is 0 Å². The molecule has 0 aliphatic carbocycles. The Balaban J connectivity index is 1.90. The summed E-state index contributed by atoms with van der Waals surface area (Å²) in [6.45, 7) is 5.70. The molecule has 130 valence electrons. The Bertz CT molecular complexity index is 678. The standard InChI is InChI=1S/C19H23Cl2NO2/c1-19(2,3)24-18(23)22-14-5-4-6-15(22)10-12(9-14)16-11-13(20)7-8-17(16)21/h7-9,11,14-15H,4-6,10H2,1-3H3. The summed E-state index contributed by atoms with van der Waals surface area (Å²) in [5, 5.41) is 1.38. The first-order valence-electron chi connectivity index (χ1n) is 8.42. The van der Waals surface area contributed by atoms with Gasteiger partial charge in [0.1, 0.15) is 5.60 Å². The van der Waals surface area contributed by atoms with E-state index in [9.17, 15) is 4.79 Å². The predicted molar refractivity (Wildman–Crippen MR) is 98.6 cm³/mol. The molecule has 5 heteroatoms. The van der Waals surface area contributed by atoms with Crippen LogP contribution in [0.3, 0.4) is 0 Å². The minimum atomic E-state index is -0.481. The zero-order chi connectivity index (χ0) is 17.5. The van der Waals surface area contributed by atoms with Crippen LogP contribution in [0.15, 0.2) is 24.3 Å². The van der Waals surface area contributed by atoms with E-state index in [1.54, 1.807) is 6.07 Å². The van der Waals surface area contributed by atoms with E-state index in [0.717, 1.165) is 31.2 Å². The van der Waals surface area contributed by atoms with Gasteiger partial charge in [0.2, 0.25) is 0 Å². The predicted octanol–water partition coefficient (Wildman–Crippen LogP) is 5.94. The Kier molecular flexibility index (Phi) is 4.85. The van der Waals surface area contributed by atoms with Crippen LogP contribution < -0.4 is 0 Å². The lowest BCUT2D eigenvalue weighted by atomic mass is 9.83. The van der Waals surface area contributed by atoms with E-state index in [2.05, 4.69) is 6.08 Å². The third kappa shape index (κ3) is 3.73. The molecule has 1 aromatic rings. The molecule has 1 fully saturated rings. The van der Waals surface area contributed by atoms with Crippen molar-refractivity contribution in [2.45, 2.75) is 64.1 Å². The summed E-state index contributed by atoms with van der Waals surface area (Å²) in [6.07, 6.45) is 5.81. The Labute approximate surface area is 153 Å². The second-order valence-corrected chi connectivity index (χ2v) is 8.40. The van der Waals surface area contributed by atoms with Gasteiger partial charge in [-0.1, -0.05) is 29.3 Å². The van der Waals surface area contributed by atoms with Gasteiger partial charge in [-0.15, -0.1) is 0 Å². The molecule has 2 atom stereocenters. The number of carbonyl (C=O) groups is 1. The van der Waals surface area contributed by atoms with E-state index in [0.29, 0.717) is 10.0 Å². The van der Waals surface area contributed by atoms with Crippen molar-refractivity contribution < 1.29 is 9.53 Å². The molecule has 0 radical (unpaired) electrons. The Hall–Kier alpha value is -1.19. The molecule has 2 unspecified atom stereocenters. The fourth-order valence-corrected chi connectivity index (χ4v) is 3.98. The second-order valence-electron chi connectivity index (χ2n) is 7.56. The lowest BCUT2D eigenvalue weighted by molar-refractivity contribution is 0.0000875. The number of hydrogen-bond donors (Lipinski definition) is 0. The van der Waals surface area contributed by atoms with E-state index < -0.39 is 5.60 Å². The normalized spacial score (nSPS) is 23.7. The highest BCUT2D eigenvalue weighted by atomic mass is 35.5. The van der Waals surface area contributed by atoms with Crippen molar-refractivity contribution in [3.05, 3.63) is 39.9 Å². The first-order chi connectivity index (χ1) is 11.2. The van der Waals surface area contributed by atoms with Crippen LogP contribution in [0.5, 0.6) is 0 Å². The van der Waals surface area contributed by atoms with Crippen LogP contribution in [0.2, 0.25) is 10.0 Å². The second kappa shape index (κ2) is 6.61. The minimum absolute atomic E-state index is 0.0670. The maximum Gasteiger partial charge on any atom is 0.411 e. The largest absolute Gasteiger partial charge is 0.444 e. The van der Waals surface area contributed by atoms with Gasteiger partial charge in [0.15, 0.2) is 0 Å². The van der Waals surface area contributed by atoms with Crippen molar-refractivity contribution in [1.29, 1.82) is 0 Å². The number of hydrogen-bond acceptors (Lipinski definition) is 2. The number of piperidine rings is 1.